The number of thiol groups is 1. The molecule has 24 nitrogen and oxygen atoms in total. The van der Waals surface area contributed by atoms with Crippen LogP contribution in [-0.2, 0) is 47.6 Å². The molecule has 0 fully saturated rings. The number of unbranched alkanes of at least 4 members (excludes halogenated alkanes) is 36. The van der Waals surface area contributed by atoms with Gasteiger partial charge in [-0.05, 0) is 123 Å². The van der Waals surface area contributed by atoms with Crippen molar-refractivity contribution in [2.24, 2.45) is 4.99 Å². The number of rotatable bonds is 68. The molecular formula is C95H135N7O17S11. The maximum atomic E-state index is 12.1. The largest absolute Gasteiger partial charge is 0.513 e. The summed E-state index contributed by atoms with van der Waals surface area (Å²) in [4.78, 5) is 101. The van der Waals surface area contributed by atoms with Gasteiger partial charge in [-0.1, -0.05) is 272 Å². The summed E-state index contributed by atoms with van der Waals surface area (Å²) >= 11 is 9.52. The molecule has 4 aromatic heterocycles. The molecule has 7 aromatic rings. The monoisotopic (exact) mass is 2000 g/mol. The van der Waals surface area contributed by atoms with Crippen LogP contribution in [0.1, 0.15) is 304 Å². The maximum absolute atomic E-state index is 12.1. The normalized spacial score (nSPS) is 12.0. The summed E-state index contributed by atoms with van der Waals surface area (Å²) < 4.78 is 47.5. The minimum absolute atomic E-state index is 0.0700. The number of benzene rings is 3. The van der Waals surface area contributed by atoms with Gasteiger partial charge in [0.05, 0.1) is 71.8 Å². The minimum Gasteiger partial charge on any atom is -0.480 e. The molecular weight excluding hydrogens is 1860 g/mol. The fraction of sp³-hybridized carbons (Fsp3) is 0.621. The number of pyridine rings is 1. The summed E-state index contributed by atoms with van der Waals surface area (Å²) in [6, 6.07) is 24.3. The fourth-order valence-electron chi connectivity index (χ4n) is 13.0. The van der Waals surface area contributed by atoms with E-state index >= 15 is 0 Å². The second kappa shape index (κ2) is 76.9. The summed E-state index contributed by atoms with van der Waals surface area (Å²) in [5.74, 6) is 6.42. The maximum Gasteiger partial charge on any atom is 0.513 e. The molecule has 35 heteroatoms. The molecule has 718 valence electrons. The standard InChI is InChI=1S/C32H46N2O7S4.C29H42N2O5S3.C17H13N3O3S3.C17H34O2S/c1-39-28(35)16-13-11-9-7-5-3-2-4-6-8-10-12-14-20-43-44-21-15-19-40-32(38)41-24-17-18-25-27(22-24)45-30(33-25)29-34-26(23-42-29)31(36)37;1-34-28(32)16-13-11-9-7-5-3-2-4-6-8-10-12-14-20-37-38-21-15-19-35-29(33)36-24-17-18-25-26(22-24)39-27(23-30)31-25;18-11-16-20-13-6-5-12(10-14(13)25-16)23-17(21)22-8-3-9-24-26-15-4-1-2-7-19-15;1-19-17(18)15-13-11-9-7-5-3-2-4-6-8-10-12-14-16-20/h17-18,22,26H,2-16,19-21,23H2,1H3,(H,36,37);17-18,22H,2-16,19-21H2,1H3;1-2,4-7,10H,3,8-9H2;20H,2-16H2,1H3/t26-;;;/m1.../s1. The third kappa shape index (κ3) is 56.7. The Bertz CT molecular complexity index is 4380. The van der Waals surface area contributed by atoms with Crippen molar-refractivity contribution in [2.75, 3.05) is 81.4 Å². The van der Waals surface area contributed by atoms with E-state index in [-0.39, 0.29) is 24.5 Å². The number of thioether (sulfide) groups is 1. The van der Waals surface area contributed by atoms with Crippen molar-refractivity contribution in [3.05, 3.63) is 94.0 Å². The Balaban J connectivity index is 0.000000320. The second-order valence-electron chi connectivity index (χ2n) is 30.8. The van der Waals surface area contributed by atoms with Crippen LogP contribution in [0.2, 0.25) is 0 Å². The van der Waals surface area contributed by atoms with Gasteiger partial charge in [-0.2, -0.15) is 23.2 Å². The Hall–Kier alpha value is -6.38. The number of methoxy groups -OCH3 is 3. The van der Waals surface area contributed by atoms with Crippen LogP contribution in [0.4, 0.5) is 14.4 Å². The van der Waals surface area contributed by atoms with Crippen molar-refractivity contribution in [1.29, 1.82) is 10.5 Å². The van der Waals surface area contributed by atoms with Gasteiger partial charge in [0.25, 0.3) is 0 Å². The van der Waals surface area contributed by atoms with E-state index in [1.165, 1.54) is 291 Å². The first-order valence-corrected chi connectivity index (χ1v) is 57.5. The number of fused-ring (bicyclic) bond motifs is 3. The van der Waals surface area contributed by atoms with Gasteiger partial charge in [0.1, 0.15) is 44.5 Å². The molecule has 0 saturated heterocycles. The number of carboxylic acids is 1. The van der Waals surface area contributed by atoms with Gasteiger partial charge < -0.3 is 47.7 Å². The van der Waals surface area contributed by atoms with Gasteiger partial charge in [0, 0.05) is 78.2 Å². The molecule has 5 heterocycles. The van der Waals surface area contributed by atoms with Crippen LogP contribution < -0.4 is 14.2 Å². The zero-order chi connectivity index (χ0) is 93.2. The number of hydrogen-bond acceptors (Lipinski definition) is 34. The van der Waals surface area contributed by atoms with Crippen LogP contribution >= 0.6 is 123 Å². The third-order valence-corrected chi connectivity index (χ3v) is 32.0. The van der Waals surface area contributed by atoms with Crippen molar-refractivity contribution in [2.45, 2.75) is 300 Å². The number of aliphatic imine (C=N–C) groups is 1. The first-order valence-electron chi connectivity index (χ1n) is 46.1. The number of ether oxygens (including phenoxy) is 9. The molecule has 1 aliphatic heterocycles. The predicted molar refractivity (Wildman–Crippen MR) is 545 cm³/mol. The number of thiazole rings is 3. The number of nitrogens with zero attached hydrogens (tertiary/aromatic N) is 7. The molecule has 3 aromatic carbocycles. The van der Waals surface area contributed by atoms with Crippen LogP contribution in [0.25, 0.3) is 30.6 Å². The summed E-state index contributed by atoms with van der Waals surface area (Å²) in [7, 11) is 15.1. The zero-order valence-electron chi connectivity index (χ0n) is 76.1. The number of carboxylic acid groups (broad SMARTS) is 1. The lowest BCUT2D eigenvalue weighted by molar-refractivity contribution is -0.141. The highest BCUT2D eigenvalue weighted by Gasteiger charge is 2.27. The third-order valence-electron chi connectivity index (χ3n) is 20.2. The SMILES string of the molecule is COC(=O)CCCCCCCCCCCCCCCS.COC(=O)CCCCCCCCCCCCCCCSSCCCOC(=O)Oc1ccc2nc(C#N)sc2c1.COC(=O)CCCCCCCCCCCCCCCSSCCCOC(=O)Oc1ccc2nc(C3=N[C@@H](C(=O)O)CS3)sc2c1.N#Cc1nc2ccc(OC(=O)OCCCSSc3ccccn3)cc2s1. The van der Waals surface area contributed by atoms with Crippen LogP contribution in [0.5, 0.6) is 17.2 Å². The fourth-order valence-corrected chi connectivity index (χ4v) is 23.3. The first kappa shape index (κ1) is 114. The predicted octanol–water partition coefficient (Wildman–Crippen LogP) is 28.7. The number of esters is 3. The number of carbonyl (C=O) groups is 7. The van der Waals surface area contributed by atoms with E-state index in [1.54, 1.807) is 82.4 Å². The lowest BCUT2D eigenvalue weighted by Crippen LogP contribution is -2.17. The van der Waals surface area contributed by atoms with E-state index in [0.29, 0.717) is 86.6 Å². The summed E-state index contributed by atoms with van der Waals surface area (Å²) in [5.41, 5.74) is 2.16. The molecule has 1 atom stereocenters. The number of nitriles is 2. The van der Waals surface area contributed by atoms with E-state index < -0.39 is 30.5 Å². The molecule has 0 unspecified atom stereocenters. The number of aromatic nitrogens is 4. The smallest absolute Gasteiger partial charge is 0.480 e. The van der Waals surface area contributed by atoms with Gasteiger partial charge in [-0.15, -0.1) is 45.8 Å². The molecule has 0 radical (unpaired) electrons. The highest BCUT2D eigenvalue weighted by molar-refractivity contribution is 8.77. The van der Waals surface area contributed by atoms with Gasteiger partial charge in [0.2, 0.25) is 0 Å². The van der Waals surface area contributed by atoms with Gasteiger partial charge >= 0.3 is 42.3 Å². The summed E-state index contributed by atoms with van der Waals surface area (Å²) in [6.07, 6.45) is 53.7. The summed E-state index contributed by atoms with van der Waals surface area (Å²) in [6.45, 7) is 0.943. The van der Waals surface area contributed by atoms with Crippen LogP contribution in [-0.4, -0.2) is 160 Å². The molecule has 8 rings (SSSR count). The molecule has 0 bridgehead atoms. The average molecular weight is 2000 g/mol. The van der Waals surface area contributed by atoms with Crippen LogP contribution in [0.3, 0.4) is 0 Å². The van der Waals surface area contributed by atoms with Gasteiger partial charge in [-0.25, -0.2) is 39.1 Å². The molecule has 1 aliphatic rings. The number of hydrogen-bond donors (Lipinski definition) is 2. The first-order chi connectivity index (χ1) is 63.6. The second-order valence-corrected chi connectivity index (χ2v) is 43.2. The van der Waals surface area contributed by atoms with Crippen molar-refractivity contribution in [1.82, 2.24) is 19.9 Å². The van der Waals surface area contributed by atoms with E-state index in [4.69, 9.17) is 44.1 Å². The Morgan fingerprint density at radius 3 is 1.05 bits per heavy atom. The topological polar surface area (TPSA) is 334 Å². The molecule has 0 aliphatic carbocycles. The van der Waals surface area contributed by atoms with Crippen LogP contribution in [0.15, 0.2) is 89.0 Å². The Morgan fingerprint density at radius 1 is 0.408 bits per heavy atom. The highest BCUT2D eigenvalue weighted by atomic mass is 33.1. The molecule has 1 N–H and O–H groups in total. The van der Waals surface area contributed by atoms with Crippen molar-refractivity contribution in [3.8, 4) is 29.4 Å². The quantitative estimate of drug-likeness (QED) is 0.00893. The Kier molecular flexibility index (Phi) is 67.5. The molecule has 130 heavy (non-hydrogen) atoms. The molecule has 0 spiro atoms. The van der Waals surface area contributed by atoms with Gasteiger partial charge in [-0.3, -0.25) is 19.4 Å². The Labute approximate surface area is 815 Å². The minimum atomic E-state index is -0.932. The lowest BCUT2D eigenvalue weighted by atomic mass is 10.0. The van der Waals surface area contributed by atoms with E-state index in [9.17, 15) is 33.6 Å². The highest BCUT2D eigenvalue weighted by Crippen LogP contribution is 2.35. The van der Waals surface area contributed by atoms with Crippen molar-refractivity contribution >= 4 is 201 Å². The Morgan fingerprint density at radius 2 is 0.731 bits per heavy atom. The number of carbonyl (C=O) groups excluding carboxylic acids is 6. The van der Waals surface area contributed by atoms with Crippen molar-refractivity contribution in [3.63, 3.8) is 0 Å². The average Bonchev–Trinajstić information content (AvgIpc) is 1.65. The summed E-state index contributed by atoms with van der Waals surface area (Å²) in [5, 5.41) is 30.0. The van der Waals surface area contributed by atoms with E-state index in [1.807, 2.05) is 73.5 Å². The van der Waals surface area contributed by atoms with E-state index in [2.05, 4.69) is 51.8 Å². The number of aliphatic carboxylic acids is 1. The van der Waals surface area contributed by atoms with Gasteiger partial charge in [0.15, 0.2) is 16.1 Å². The lowest BCUT2D eigenvalue weighted by Gasteiger charge is -2.06. The van der Waals surface area contributed by atoms with Crippen LogP contribution in [0, 0.1) is 22.7 Å². The van der Waals surface area contributed by atoms with Crippen molar-refractivity contribution < 1.29 is 81.3 Å². The molecule has 0 saturated carbocycles. The zero-order valence-corrected chi connectivity index (χ0v) is 85.2. The van der Waals surface area contributed by atoms with E-state index in [0.717, 1.165) is 105 Å². The molecule has 0 amide bonds.